The Bertz CT molecular complexity index is 834. The van der Waals surface area contributed by atoms with E-state index in [4.69, 9.17) is 4.42 Å². The Morgan fingerprint density at radius 3 is 2.83 bits per heavy atom. The van der Waals surface area contributed by atoms with Crippen molar-refractivity contribution in [3.05, 3.63) is 72.1 Å². The Kier molecular flexibility index (Phi) is 4.86. The third-order valence-electron chi connectivity index (χ3n) is 3.43. The molecule has 6 nitrogen and oxygen atoms in total. The third-order valence-corrected chi connectivity index (χ3v) is 3.43. The molecule has 0 spiro atoms. The van der Waals surface area contributed by atoms with Gasteiger partial charge in [0.2, 0.25) is 5.91 Å². The van der Waals surface area contributed by atoms with Crippen molar-refractivity contribution in [2.45, 2.75) is 19.9 Å². The summed E-state index contributed by atoms with van der Waals surface area (Å²) in [7, 11) is 0. The van der Waals surface area contributed by atoms with Crippen LogP contribution in [0.25, 0.3) is 6.08 Å². The molecule has 0 saturated carbocycles. The maximum Gasteiger partial charge on any atom is 0.249 e. The van der Waals surface area contributed by atoms with Crippen LogP contribution in [0.4, 0.5) is 5.82 Å². The first-order valence-electron chi connectivity index (χ1n) is 7.67. The molecular weight excluding hydrogens is 304 g/mol. The lowest BCUT2D eigenvalue weighted by molar-refractivity contribution is -0.111. The van der Waals surface area contributed by atoms with Crippen LogP contribution in [0.2, 0.25) is 0 Å². The summed E-state index contributed by atoms with van der Waals surface area (Å²) in [6, 6.07) is 9.39. The Balaban J connectivity index is 1.52. The van der Waals surface area contributed by atoms with Crippen LogP contribution in [0.15, 0.2) is 59.4 Å². The topological polar surface area (TPSA) is 73.0 Å². The second-order valence-electron chi connectivity index (χ2n) is 5.34. The van der Waals surface area contributed by atoms with E-state index in [1.165, 1.54) is 11.6 Å². The molecule has 0 bridgehead atoms. The van der Waals surface area contributed by atoms with E-state index in [1.54, 1.807) is 29.2 Å². The van der Waals surface area contributed by atoms with E-state index in [-0.39, 0.29) is 5.91 Å². The van der Waals surface area contributed by atoms with Gasteiger partial charge in [-0.2, -0.15) is 5.10 Å². The molecule has 0 atom stereocenters. The molecule has 3 aromatic heterocycles. The zero-order valence-corrected chi connectivity index (χ0v) is 13.3. The van der Waals surface area contributed by atoms with E-state index in [2.05, 4.69) is 15.4 Å². The summed E-state index contributed by atoms with van der Waals surface area (Å²) in [5.74, 6) is 1.73. The molecule has 0 unspecified atom stereocenters. The van der Waals surface area contributed by atoms with Gasteiger partial charge in [-0.25, -0.2) is 0 Å². The van der Waals surface area contributed by atoms with Crippen molar-refractivity contribution in [2.75, 3.05) is 5.32 Å². The van der Waals surface area contributed by atoms with Crippen LogP contribution in [0, 0.1) is 6.92 Å². The van der Waals surface area contributed by atoms with E-state index in [9.17, 15) is 4.79 Å². The normalized spacial score (nSPS) is 11.0. The van der Waals surface area contributed by atoms with Crippen molar-refractivity contribution in [2.24, 2.45) is 0 Å². The van der Waals surface area contributed by atoms with Crippen LogP contribution in [0.3, 0.4) is 0 Å². The minimum Gasteiger partial charge on any atom is -0.462 e. The van der Waals surface area contributed by atoms with Crippen molar-refractivity contribution in [3.63, 3.8) is 0 Å². The van der Waals surface area contributed by atoms with E-state index in [1.807, 2.05) is 37.4 Å². The molecule has 0 saturated heterocycles. The van der Waals surface area contributed by atoms with Gasteiger partial charge in [0.05, 0.1) is 0 Å². The number of carbonyl (C=O) groups is 1. The molecule has 0 aliphatic rings. The molecule has 6 heteroatoms. The Hall–Kier alpha value is -3.15. The van der Waals surface area contributed by atoms with Gasteiger partial charge >= 0.3 is 0 Å². The van der Waals surface area contributed by atoms with Gasteiger partial charge in [-0.05, 0) is 49.2 Å². The number of hydrogen-bond acceptors (Lipinski definition) is 4. The SMILES string of the molecule is Cc1ccc(/C=C\C(=O)Nc2ccn(CCc3ccncc3)n2)o1. The average Bonchev–Trinajstić information content (AvgIpc) is 3.21. The van der Waals surface area contributed by atoms with Crippen LogP contribution in [-0.2, 0) is 17.8 Å². The Labute approximate surface area is 139 Å². The zero-order chi connectivity index (χ0) is 16.8. The highest BCUT2D eigenvalue weighted by Crippen LogP contribution is 2.09. The fourth-order valence-corrected chi connectivity index (χ4v) is 2.21. The van der Waals surface area contributed by atoms with E-state index in [0.29, 0.717) is 11.6 Å². The number of pyridine rings is 1. The number of furan rings is 1. The predicted molar refractivity (Wildman–Crippen MR) is 91.3 cm³/mol. The van der Waals surface area contributed by atoms with Gasteiger partial charge in [0.15, 0.2) is 5.82 Å². The van der Waals surface area contributed by atoms with Crippen LogP contribution >= 0.6 is 0 Å². The molecule has 0 aliphatic carbocycles. The van der Waals surface area contributed by atoms with Crippen molar-refractivity contribution < 1.29 is 9.21 Å². The quantitative estimate of drug-likeness (QED) is 0.708. The number of hydrogen-bond donors (Lipinski definition) is 1. The predicted octanol–water partition coefficient (Wildman–Crippen LogP) is 3.07. The first kappa shape index (κ1) is 15.7. The third kappa shape index (κ3) is 4.42. The van der Waals surface area contributed by atoms with Crippen molar-refractivity contribution in [3.8, 4) is 0 Å². The lowest BCUT2D eigenvalue weighted by Gasteiger charge is -2.01. The monoisotopic (exact) mass is 322 g/mol. The van der Waals surface area contributed by atoms with Gasteiger partial charge in [-0.1, -0.05) is 0 Å². The summed E-state index contributed by atoms with van der Waals surface area (Å²) in [6.45, 7) is 2.59. The summed E-state index contributed by atoms with van der Waals surface area (Å²) < 4.78 is 7.17. The first-order valence-corrected chi connectivity index (χ1v) is 7.67. The Morgan fingerprint density at radius 1 is 1.25 bits per heavy atom. The van der Waals surface area contributed by atoms with Crippen molar-refractivity contribution in [1.82, 2.24) is 14.8 Å². The highest BCUT2D eigenvalue weighted by Gasteiger charge is 2.03. The van der Waals surface area contributed by atoms with Crippen LogP contribution in [-0.4, -0.2) is 20.7 Å². The average molecular weight is 322 g/mol. The van der Waals surface area contributed by atoms with Crippen LogP contribution in [0.1, 0.15) is 17.1 Å². The Morgan fingerprint density at radius 2 is 2.08 bits per heavy atom. The van der Waals surface area contributed by atoms with Gasteiger partial charge in [0.25, 0.3) is 0 Å². The maximum atomic E-state index is 11.9. The molecular formula is C18H18N4O2. The van der Waals surface area contributed by atoms with E-state index < -0.39 is 0 Å². The number of aryl methyl sites for hydroxylation is 3. The molecule has 0 aromatic carbocycles. The molecule has 1 N–H and O–H groups in total. The smallest absolute Gasteiger partial charge is 0.249 e. The minimum atomic E-state index is -0.247. The molecule has 3 rings (SSSR count). The van der Waals surface area contributed by atoms with E-state index in [0.717, 1.165) is 18.7 Å². The largest absolute Gasteiger partial charge is 0.462 e. The maximum absolute atomic E-state index is 11.9. The van der Waals surface area contributed by atoms with Gasteiger partial charge in [-0.3, -0.25) is 14.5 Å². The second kappa shape index (κ2) is 7.41. The fourth-order valence-electron chi connectivity index (χ4n) is 2.21. The van der Waals surface area contributed by atoms with E-state index >= 15 is 0 Å². The molecule has 24 heavy (non-hydrogen) atoms. The summed E-state index contributed by atoms with van der Waals surface area (Å²) >= 11 is 0. The van der Waals surface area contributed by atoms with Gasteiger partial charge in [0, 0.05) is 37.3 Å². The molecule has 0 aliphatic heterocycles. The lowest BCUT2D eigenvalue weighted by Crippen LogP contribution is -2.09. The van der Waals surface area contributed by atoms with Gasteiger partial charge < -0.3 is 9.73 Å². The standard InChI is InChI=1S/C18H18N4O2/c1-14-2-3-16(24-14)4-5-18(23)20-17-9-13-22(21-17)12-8-15-6-10-19-11-7-15/h2-7,9-11,13H,8,12H2,1H3,(H,20,21,23)/b5-4-. The fraction of sp³-hybridized carbons (Fsp3) is 0.167. The minimum absolute atomic E-state index is 0.247. The molecule has 1 amide bonds. The molecule has 3 aromatic rings. The number of aromatic nitrogens is 3. The second-order valence-corrected chi connectivity index (χ2v) is 5.34. The zero-order valence-electron chi connectivity index (χ0n) is 13.3. The number of nitrogens with one attached hydrogen (secondary N) is 1. The van der Waals surface area contributed by atoms with Gasteiger partial charge in [-0.15, -0.1) is 0 Å². The summed E-state index contributed by atoms with van der Waals surface area (Å²) in [6.07, 6.45) is 9.30. The highest BCUT2D eigenvalue weighted by atomic mass is 16.3. The highest BCUT2D eigenvalue weighted by molar-refractivity contribution is 6.01. The number of rotatable bonds is 6. The first-order chi connectivity index (χ1) is 11.7. The van der Waals surface area contributed by atoms with Crippen LogP contribution in [0.5, 0.6) is 0 Å². The number of amides is 1. The lowest BCUT2D eigenvalue weighted by atomic mass is 10.2. The number of carbonyl (C=O) groups excluding carboxylic acids is 1. The molecule has 122 valence electrons. The number of anilines is 1. The van der Waals surface area contributed by atoms with Crippen molar-refractivity contribution in [1.29, 1.82) is 0 Å². The summed E-state index contributed by atoms with van der Waals surface area (Å²) in [5, 5.41) is 7.06. The summed E-state index contributed by atoms with van der Waals surface area (Å²) in [5.41, 5.74) is 1.20. The van der Waals surface area contributed by atoms with Crippen LogP contribution < -0.4 is 5.32 Å². The van der Waals surface area contributed by atoms with Crippen molar-refractivity contribution >= 4 is 17.8 Å². The molecule has 0 fully saturated rings. The van der Waals surface area contributed by atoms with Gasteiger partial charge in [0.1, 0.15) is 11.5 Å². The summed E-state index contributed by atoms with van der Waals surface area (Å²) in [4.78, 5) is 15.9. The molecule has 0 radical (unpaired) electrons. The molecule has 3 heterocycles. The number of nitrogens with zero attached hydrogens (tertiary/aromatic N) is 3.